The first-order chi connectivity index (χ1) is 14.6. The fourth-order valence-corrected chi connectivity index (χ4v) is 4.26. The zero-order valence-electron chi connectivity index (χ0n) is 17.1. The number of ketones is 1. The number of aromatic nitrogens is 1. The number of amides is 1. The van der Waals surface area contributed by atoms with Crippen LogP contribution in [-0.4, -0.2) is 46.7 Å². The van der Waals surface area contributed by atoms with Gasteiger partial charge in [-0.25, -0.2) is 9.78 Å². The first kappa shape index (κ1) is 21.9. The topological polar surface area (TPSA) is 76.6 Å². The minimum Gasteiger partial charge on any atom is -0.461 e. The Bertz CT molecular complexity index is 907. The van der Waals surface area contributed by atoms with Gasteiger partial charge in [-0.2, -0.15) is 0 Å². The minimum atomic E-state index is -0.403. The molecule has 0 N–H and O–H groups in total. The number of hydrogen-bond acceptors (Lipinski definition) is 6. The predicted molar refractivity (Wildman–Crippen MR) is 115 cm³/mol. The number of nitrogens with zero attached hydrogens (tertiary/aromatic N) is 2. The second-order valence-corrected chi connectivity index (χ2v) is 8.07. The highest BCUT2D eigenvalue weighted by Gasteiger charge is 2.28. The summed E-state index contributed by atoms with van der Waals surface area (Å²) in [6.45, 7) is 2.69. The summed E-state index contributed by atoms with van der Waals surface area (Å²) in [7, 11) is 0. The first-order valence-corrected chi connectivity index (χ1v) is 11.1. The van der Waals surface area contributed by atoms with Crippen LogP contribution in [0.1, 0.15) is 47.2 Å². The van der Waals surface area contributed by atoms with E-state index < -0.39 is 5.97 Å². The smallest absolute Gasteiger partial charge is 0.357 e. The summed E-state index contributed by atoms with van der Waals surface area (Å²) in [5, 5.41) is 2.56. The Morgan fingerprint density at radius 3 is 2.87 bits per heavy atom. The summed E-state index contributed by atoms with van der Waals surface area (Å²) in [5.41, 5.74) is 1.32. The van der Waals surface area contributed by atoms with Crippen molar-refractivity contribution in [2.45, 2.75) is 45.1 Å². The summed E-state index contributed by atoms with van der Waals surface area (Å²) in [6.07, 6.45) is 6.52. The number of hydrogen-bond donors (Lipinski definition) is 0. The van der Waals surface area contributed by atoms with Crippen molar-refractivity contribution in [3.05, 3.63) is 64.1 Å². The number of aryl methyl sites for hydroxylation is 1. The van der Waals surface area contributed by atoms with Gasteiger partial charge in [-0.1, -0.05) is 36.4 Å². The molecule has 1 fully saturated rings. The fourth-order valence-electron chi connectivity index (χ4n) is 3.45. The highest BCUT2D eigenvalue weighted by atomic mass is 32.1. The number of allylic oxidation sites excluding steroid dienone is 1. The molecule has 0 saturated carbocycles. The van der Waals surface area contributed by atoms with E-state index in [-0.39, 0.29) is 17.7 Å². The number of rotatable bonds is 10. The SMILES string of the molecule is CCOC(=O)c1csc(CCCN2C(=O)CC[C@@H]2C=CC(=O)Cc2ccccc2)n1. The van der Waals surface area contributed by atoms with E-state index in [0.29, 0.717) is 38.1 Å². The molecule has 0 aliphatic carbocycles. The lowest BCUT2D eigenvalue weighted by Gasteiger charge is -2.22. The Kier molecular flexibility index (Phi) is 7.90. The molecule has 0 spiro atoms. The lowest BCUT2D eigenvalue weighted by atomic mass is 10.1. The molecular weight excluding hydrogens is 400 g/mol. The third-order valence-corrected chi connectivity index (χ3v) is 5.83. The van der Waals surface area contributed by atoms with Gasteiger partial charge in [-0.15, -0.1) is 11.3 Å². The summed E-state index contributed by atoms with van der Waals surface area (Å²) >= 11 is 1.43. The van der Waals surface area contributed by atoms with Gasteiger partial charge < -0.3 is 9.64 Å². The second kappa shape index (κ2) is 10.8. The molecule has 0 unspecified atom stereocenters. The summed E-state index contributed by atoms with van der Waals surface area (Å²) < 4.78 is 4.96. The quantitative estimate of drug-likeness (QED) is 0.428. The van der Waals surface area contributed by atoms with Crippen LogP contribution in [0.4, 0.5) is 0 Å². The predicted octanol–water partition coefficient (Wildman–Crippen LogP) is 3.61. The number of benzene rings is 1. The van der Waals surface area contributed by atoms with Gasteiger partial charge in [0, 0.05) is 31.2 Å². The van der Waals surface area contributed by atoms with Crippen LogP contribution in [-0.2, 0) is 27.2 Å². The Labute approximate surface area is 180 Å². The normalized spacial score (nSPS) is 16.4. The Hall–Kier alpha value is -2.80. The maximum absolute atomic E-state index is 12.3. The van der Waals surface area contributed by atoms with E-state index >= 15 is 0 Å². The summed E-state index contributed by atoms with van der Waals surface area (Å²) in [6, 6.07) is 9.59. The van der Waals surface area contributed by atoms with E-state index in [1.165, 1.54) is 11.3 Å². The maximum atomic E-state index is 12.3. The molecule has 0 radical (unpaired) electrons. The van der Waals surface area contributed by atoms with Gasteiger partial charge in [-0.05, 0) is 31.4 Å². The summed E-state index contributed by atoms with van der Waals surface area (Å²) in [4.78, 5) is 42.3. The molecule has 1 saturated heterocycles. The van der Waals surface area contributed by atoms with Crippen LogP contribution in [0.15, 0.2) is 47.9 Å². The highest BCUT2D eigenvalue weighted by molar-refractivity contribution is 7.09. The molecule has 1 aliphatic rings. The van der Waals surface area contributed by atoms with E-state index in [9.17, 15) is 14.4 Å². The Balaban J connectivity index is 1.49. The maximum Gasteiger partial charge on any atom is 0.357 e. The molecule has 1 atom stereocenters. The van der Waals surface area contributed by atoms with Crippen LogP contribution in [0.25, 0.3) is 0 Å². The largest absolute Gasteiger partial charge is 0.461 e. The molecule has 3 rings (SSSR count). The van der Waals surface area contributed by atoms with Crippen LogP contribution in [0.5, 0.6) is 0 Å². The second-order valence-electron chi connectivity index (χ2n) is 7.13. The monoisotopic (exact) mass is 426 g/mol. The number of carbonyl (C=O) groups excluding carboxylic acids is 3. The van der Waals surface area contributed by atoms with Gasteiger partial charge in [0.2, 0.25) is 5.91 Å². The number of carbonyl (C=O) groups is 3. The van der Waals surface area contributed by atoms with Gasteiger partial charge in [0.1, 0.15) is 0 Å². The third-order valence-electron chi connectivity index (χ3n) is 4.93. The molecule has 2 aromatic rings. The standard InChI is InChI=1S/C23H26N2O4S/c1-2-29-23(28)20-16-30-21(24-20)9-6-14-25-18(11-13-22(25)27)10-12-19(26)15-17-7-4-3-5-8-17/h3-5,7-8,10,12,16,18H,2,6,9,11,13-15H2,1H3/t18-/m0/s1. The molecular formula is C23H26N2O4S. The molecule has 1 amide bonds. The van der Waals surface area contributed by atoms with Gasteiger partial charge in [0.05, 0.1) is 17.7 Å². The van der Waals surface area contributed by atoms with E-state index in [1.54, 1.807) is 18.4 Å². The molecule has 6 nitrogen and oxygen atoms in total. The average Bonchev–Trinajstić information content (AvgIpc) is 3.35. The molecule has 158 valence electrons. The molecule has 2 heterocycles. The lowest BCUT2D eigenvalue weighted by Crippen LogP contribution is -2.33. The van der Waals surface area contributed by atoms with Crippen LogP contribution < -0.4 is 0 Å². The van der Waals surface area contributed by atoms with Crippen LogP contribution in [0.2, 0.25) is 0 Å². The highest BCUT2D eigenvalue weighted by Crippen LogP contribution is 2.21. The van der Waals surface area contributed by atoms with E-state index in [4.69, 9.17) is 4.74 Å². The molecule has 7 heteroatoms. The Morgan fingerprint density at radius 2 is 2.10 bits per heavy atom. The number of ether oxygens (including phenoxy) is 1. The van der Waals surface area contributed by atoms with Crippen molar-refractivity contribution in [3.8, 4) is 0 Å². The molecule has 1 aliphatic heterocycles. The zero-order chi connectivity index (χ0) is 21.3. The van der Waals surface area contributed by atoms with Gasteiger partial charge in [0.15, 0.2) is 11.5 Å². The van der Waals surface area contributed by atoms with Crippen molar-refractivity contribution in [2.75, 3.05) is 13.2 Å². The summed E-state index contributed by atoms with van der Waals surface area (Å²) in [5.74, 6) is -0.249. The average molecular weight is 427 g/mol. The van der Waals surface area contributed by atoms with Crippen LogP contribution in [0.3, 0.4) is 0 Å². The van der Waals surface area contributed by atoms with Crippen molar-refractivity contribution in [1.29, 1.82) is 0 Å². The van der Waals surface area contributed by atoms with E-state index in [2.05, 4.69) is 4.98 Å². The third kappa shape index (κ3) is 6.10. The van der Waals surface area contributed by atoms with E-state index in [1.807, 2.05) is 41.3 Å². The van der Waals surface area contributed by atoms with Crippen molar-refractivity contribution in [3.63, 3.8) is 0 Å². The van der Waals surface area contributed by atoms with Gasteiger partial charge in [0.25, 0.3) is 0 Å². The van der Waals surface area contributed by atoms with Gasteiger partial charge in [-0.3, -0.25) is 9.59 Å². The van der Waals surface area contributed by atoms with Gasteiger partial charge >= 0.3 is 5.97 Å². The van der Waals surface area contributed by atoms with Crippen LogP contribution >= 0.6 is 11.3 Å². The number of esters is 1. The van der Waals surface area contributed by atoms with Crippen molar-refractivity contribution < 1.29 is 19.1 Å². The molecule has 1 aromatic heterocycles. The lowest BCUT2D eigenvalue weighted by molar-refractivity contribution is -0.128. The number of likely N-dealkylation sites (tertiary alicyclic amines) is 1. The first-order valence-electron chi connectivity index (χ1n) is 10.2. The fraction of sp³-hybridized carbons (Fsp3) is 0.391. The number of thiazole rings is 1. The zero-order valence-corrected chi connectivity index (χ0v) is 17.9. The van der Waals surface area contributed by atoms with Crippen molar-refractivity contribution >= 4 is 29.0 Å². The minimum absolute atomic E-state index is 0.0368. The van der Waals surface area contributed by atoms with Crippen molar-refractivity contribution in [2.24, 2.45) is 0 Å². The molecule has 0 bridgehead atoms. The molecule has 30 heavy (non-hydrogen) atoms. The Morgan fingerprint density at radius 1 is 1.30 bits per heavy atom. The van der Waals surface area contributed by atoms with E-state index in [0.717, 1.165) is 23.4 Å². The van der Waals surface area contributed by atoms with Crippen molar-refractivity contribution in [1.82, 2.24) is 9.88 Å². The molecule has 1 aromatic carbocycles. The van der Waals surface area contributed by atoms with Crippen LogP contribution in [0, 0.1) is 0 Å².